The molecule has 0 radical (unpaired) electrons. The van der Waals surface area contributed by atoms with Crippen molar-refractivity contribution in [2.75, 3.05) is 13.2 Å². The third kappa shape index (κ3) is 8.77. The quantitative estimate of drug-likeness (QED) is 0.532. The number of esters is 1. The van der Waals surface area contributed by atoms with Gasteiger partial charge in [0, 0.05) is 6.04 Å². The van der Waals surface area contributed by atoms with E-state index in [2.05, 4.69) is 24.5 Å². The fraction of sp³-hybridized carbons (Fsp3) is 0.867. The summed E-state index contributed by atoms with van der Waals surface area (Å²) in [5.41, 5.74) is 0. The SMILES string of the molecule is CC(C)CC(C(=O)OCCNC(=O)NC(C)C)C(C)C. The zero-order valence-corrected chi connectivity index (χ0v) is 13.7. The summed E-state index contributed by atoms with van der Waals surface area (Å²) in [5, 5.41) is 5.36. The van der Waals surface area contributed by atoms with Crippen LogP contribution in [0.5, 0.6) is 0 Å². The molecule has 0 aliphatic rings. The summed E-state index contributed by atoms with van der Waals surface area (Å²) in [6.07, 6.45) is 0.831. The van der Waals surface area contributed by atoms with Crippen LogP contribution in [-0.2, 0) is 9.53 Å². The first-order valence-corrected chi connectivity index (χ1v) is 7.45. The molecule has 0 saturated carbocycles. The summed E-state index contributed by atoms with van der Waals surface area (Å²) >= 11 is 0. The van der Waals surface area contributed by atoms with E-state index in [0.717, 1.165) is 6.42 Å². The van der Waals surface area contributed by atoms with Crippen LogP contribution < -0.4 is 10.6 Å². The number of urea groups is 1. The molecule has 1 unspecified atom stereocenters. The second-order valence-electron chi connectivity index (χ2n) is 6.20. The highest BCUT2D eigenvalue weighted by molar-refractivity contribution is 5.74. The van der Waals surface area contributed by atoms with Crippen molar-refractivity contribution >= 4 is 12.0 Å². The van der Waals surface area contributed by atoms with E-state index in [4.69, 9.17) is 4.74 Å². The van der Waals surface area contributed by atoms with Gasteiger partial charge in [-0.25, -0.2) is 4.79 Å². The summed E-state index contributed by atoms with van der Waals surface area (Å²) < 4.78 is 5.24. The van der Waals surface area contributed by atoms with Crippen LogP contribution in [0.3, 0.4) is 0 Å². The fourth-order valence-corrected chi connectivity index (χ4v) is 1.88. The number of amides is 2. The Balaban J connectivity index is 3.99. The van der Waals surface area contributed by atoms with E-state index in [1.807, 2.05) is 27.7 Å². The van der Waals surface area contributed by atoms with Crippen molar-refractivity contribution in [1.29, 1.82) is 0 Å². The maximum atomic E-state index is 12.0. The third-order valence-electron chi connectivity index (χ3n) is 2.88. The smallest absolute Gasteiger partial charge is 0.315 e. The first-order valence-electron chi connectivity index (χ1n) is 7.45. The lowest BCUT2D eigenvalue weighted by atomic mass is 9.88. The van der Waals surface area contributed by atoms with Crippen LogP contribution in [0.25, 0.3) is 0 Å². The van der Waals surface area contributed by atoms with E-state index in [9.17, 15) is 9.59 Å². The van der Waals surface area contributed by atoms with Crippen molar-refractivity contribution in [3.8, 4) is 0 Å². The second-order valence-corrected chi connectivity index (χ2v) is 6.20. The van der Waals surface area contributed by atoms with Crippen molar-refractivity contribution in [2.45, 2.75) is 54.0 Å². The minimum Gasteiger partial charge on any atom is -0.464 e. The van der Waals surface area contributed by atoms with Crippen LogP contribution in [0, 0.1) is 17.8 Å². The molecule has 0 aliphatic heterocycles. The first kappa shape index (κ1) is 18.7. The minimum absolute atomic E-state index is 0.0699. The molecule has 0 spiro atoms. The van der Waals surface area contributed by atoms with Crippen LogP contribution in [0.15, 0.2) is 0 Å². The topological polar surface area (TPSA) is 67.4 Å². The fourth-order valence-electron chi connectivity index (χ4n) is 1.88. The van der Waals surface area contributed by atoms with E-state index in [0.29, 0.717) is 12.5 Å². The largest absolute Gasteiger partial charge is 0.464 e. The van der Waals surface area contributed by atoms with E-state index in [1.54, 1.807) is 0 Å². The molecular formula is C15H30N2O3. The lowest BCUT2D eigenvalue weighted by molar-refractivity contribution is -0.150. The van der Waals surface area contributed by atoms with Gasteiger partial charge in [0.2, 0.25) is 0 Å². The van der Waals surface area contributed by atoms with Gasteiger partial charge in [-0.05, 0) is 32.1 Å². The molecule has 0 saturated heterocycles. The Bertz CT molecular complexity index is 301. The molecule has 0 aliphatic carbocycles. The summed E-state index contributed by atoms with van der Waals surface area (Å²) in [6, 6.07) is -0.146. The van der Waals surface area contributed by atoms with Gasteiger partial charge in [0.25, 0.3) is 0 Å². The maximum Gasteiger partial charge on any atom is 0.315 e. The molecule has 5 nitrogen and oxygen atoms in total. The number of hydrogen-bond acceptors (Lipinski definition) is 3. The predicted molar refractivity (Wildman–Crippen MR) is 80.4 cm³/mol. The van der Waals surface area contributed by atoms with Gasteiger partial charge in [0.15, 0.2) is 0 Å². The highest BCUT2D eigenvalue weighted by Gasteiger charge is 2.24. The molecule has 1 atom stereocenters. The zero-order chi connectivity index (χ0) is 15.7. The van der Waals surface area contributed by atoms with E-state index < -0.39 is 0 Å². The molecule has 0 aromatic rings. The molecule has 0 aromatic carbocycles. The number of rotatable bonds is 8. The Hall–Kier alpha value is -1.26. The van der Waals surface area contributed by atoms with E-state index in [1.165, 1.54) is 0 Å². The zero-order valence-electron chi connectivity index (χ0n) is 13.7. The molecule has 0 rings (SSSR count). The molecule has 0 heterocycles. The summed E-state index contributed by atoms with van der Waals surface area (Å²) in [4.78, 5) is 23.3. The van der Waals surface area contributed by atoms with Crippen LogP contribution in [0.2, 0.25) is 0 Å². The summed E-state index contributed by atoms with van der Waals surface area (Å²) in [5.74, 6) is 0.492. The van der Waals surface area contributed by atoms with Crippen molar-refractivity contribution in [3.63, 3.8) is 0 Å². The Kier molecular flexibility index (Phi) is 9.01. The van der Waals surface area contributed by atoms with Crippen molar-refractivity contribution in [1.82, 2.24) is 10.6 Å². The van der Waals surface area contributed by atoms with Crippen LogP contribution in [-0.4, -0.2) is 31.2 Å². The second kappa shape index (κ2) is 9.61. The Morgan fingerprint density at radius 3 is 2.10 bits per heavy atom. The normalized spacial score (nSPS) is 12.7. The number of nitrogens with one attached hydrogen (secondary N) is 2. The molecular weight excluding hydrogens is 256 g/mol. The van der Waals surface area contributed by atoms with Crippen LogP contribution >= 0.6 is 0 Å². The van der Waals surface area contributed by atoms with E-state index >= 15 is 0 Å². The maximum absolute atomic E-state index is 12.0. The van der Waals surface area contributed by atoms with Gasteiger partial charge >= 0.3 is 12.0 Å². The predicted octanol–water partition coefficient (Wildman–Crippen LogP) is 2.56. The Labute approximate surface area is 122 Å². The standard InChI is InChI=1S/C15H30N2O3/c1-10(2)9-13(11(3)4)14(18)20-8-7-16-15(19)17-12(5)6/h10-13H,7-9H2,1-6H3,(H2,16,17,19). The summed E-state index contributed by atoms with van der Waals surface area (Å²) in [7, 11) is 0. The van der Waals surface area contributed by atoms with Gasteiger partial charge in [-0.1, -0.05) is 27.7 Å². The van der Waals surface area contributed by atoms with Gasteiger partial charge in [-0.3, -0.25) is 4.79 Å². The molecule has 0 fully saturated rings. The molecule has 0 aromatic heterocycles. The Morgan fingerprint density at radius 2 is 1.65 bits per heavy atom. The van der Waals surface area contributed by atoms with Gasteiger partial charge in [0.1, 0.15) is 6.61 Å². The minimum atomic E-state index is -0.237. The third-order valence-corrected chi connectivity index (χ3v) is 2.88. The average molecular weight is 286 g/mol. The van der Waals surface area contributed by atoms with Gasteiger partial charge in [-0.15, -0.1) is 0 Å². The lowest BCUT2D eigenvalue weighted by Crippen LogP contribution is -2.41. The number of carbonyl (C=O) groups excluding carboxylic acids is 2. The molecule has 2 amide bonds. The summed E-state index contributed by atoms with van der Waals surface area (Å²) in [6.45, 7) is 12.6. The van der Waals surface area contributed by atoms with Crippen molar-refractivity contribution in [2.24, 2.45) is 17.8 Å². The van der Waals surface area contributed by atoms with E-state index in [-0.39, 0.29) is 36.5 Å². The van der Waals surface area contributed by atoms with Crippen molar-refractivity contribution in [3.05, 3.63) is 0 Å². The van der Waals surface area contributed by atoms with Crippen LogP contribution in [0.1, 0.15) is 48.0 Å². The monoisotopic (exact) mass is 286 g/mol. The van der Waals surface area contributed by atoms with Gasteiger partial charge in [-0.2, -0.15) is 0 Å². The lowest BCUT2D eigenvalue weighted by Gasteiger charge is -2.21. The highest BCUT2D eigenvalue weighted by Crippen LogP contribution is 2.21. The number of ether oxygens (including phenoxy) is 1. The first-order chi connectivity index (χ1) is 9.23. The molecule has 20 heavy (non-hydrogen) atoms. The average Bonchev–Trinajstić information content (AvgIpc) is 2.29. The Morgan fingerprint density at radius 1 is 1.05 bits per heavy atom. The van der Waals surface area contributed by atoms with Gasteiger partial charge < -0.3 is 15.4 Å². The number of hydrogen-bond donors (Lipinski definition) is 2. The number of carbonyl (C=O) groups is 2. The molecule has 2 N–H and O–H groups in total. The van der Waals surface area contributed by atoms with Crippen LogP contribution in [0.4, 0.5) is 4.79 Å². The van der Waals surface area contributed by atoms with Crippen molar-refractivity contribution < 1.29 is 14.3 Å². The molecule has 5 heteroatoms. The highest BCUT2D eigenvalue weighted by atomic mass is 16.5. The molecule has 118 valence electrons. The van der Waals surface area contributed by atoms with Gasteiger partial charge in [0.05, 0.1) is 12.5 Å². The molecule has 0 bridgehead atoms.